The fraction of sp³-hybridized carbons (Fsp3) is 0.314. The standard InChI is InChI=1S/C35H30FN3O6S2/c1-16-3-8-19(9-4-16)37-25(40)15-45-23-12-5-17(13-24(23)44-2)26-27-21-14-22(30(27)46-32-31(26)47-35(43)38-32)29-28(21)33(41)39(34(29)42)20-10-6-18(36)7-11-20/h3-13,21-22,26-30H,14-15H2,1-2H3,(H,37,40)(H,38,43)/t21-,22-,26+,27-,28+,29+,30-/m1/s1. The molecule has 8 rings (SSSR count). The highest BCUT2D eigenvalue weighted by molar-refractivity contribution is 8.00. The van der Waals surface area contributed by atoms with Crippen molar-refractivity contribution >= 4 is 52.2 Å². The third-order valence-corrected chi connectivity index (χ3v) is 12.6. The number of aryl methyl sites for hydroxylation is 1. The number of carbonyl (C=O) groups excluding carboxylic acids is 3. The Hall–Kier alpha value is -4.42. The summed E-state index contributed by atoms with van der Waals surface area (Å²) < 4.78 is 25.3. The Morgan fingerprint density at radius 2 is 1.70 bits per heavy atom. The van der Waals surface area contributed by atoms with Gasteiger partial charge in [-0.2, -0.15) is 0 Å². The molecule has 2 bridgehead atoms. The lowest BCUT2D eigenvalue weighted by atomic mass is 9.68. The smallest absolute Gasteiger partial charge is 0.305 e. The van der Waals surface area contributed by atoms with E-state index in [4.69, 9.17) is 9.47 Å². The molecule has 9 nitrogen and oxygen atoms in total. The SMILES string of the molecule is COc1cc([C@@H]2c3sc(=O)[nH]c3S[C@@H]3[C@@H]4C[C@@H]([C@@H]5C(=O)N(c6ccc(F)cc6)C(=O)[C@@H]45)[C@H]23)ccc1OCC(=O)Nc1ccc(C)cc1. The zero-order valence-corrected chi connectivity index (χ0v) is 27.0. The predicted molar refractivity (Wildman–Crippen MR) is 176 cm³/mol. The van der Waals surface area contributed by atoms with Crippen LogP contribution in [0.3, 0.4) is 0 Å². The second-order valence-electron chi connectivity index (χ2n) is 12.6. The Balaban J connectivity index is 1.09. The number of benzene rings is 3. The molecule has 0 radical (unpaired) electrons. The summed E-state index contributed by atoms with van der Waals surface area (Å²) in [7, 11) is 1.53. The van der Waals surface area contributed by atoms with Crippen molar-refractivity contribution in [2.45, 2.75) is 29.5 Å². The van der Waals surface area contributed by atoms with Gasteiger partial charge in [0.05, 0.1) is 29.7 Å². The summed E-state index contributed by atoms with van der Waals surface area (Å²) in [5.41, 5.74) is 3.06. The minimum atomic E-state index is -0.476. The minimum absolute atomic E-state index is 0.00752. The van der Waals surface area contributed by atoms with Gasteiger partial charge >= 0.3 is 4.87 Å². The molecular formula is C35H30FN3O6S2. The maximum atomic E-state index is 13.9. The van der Waals surface area contributed by atoms with Crippen LogP contribution in [0, 0.1) is 42.3 Å². The first-order valence-corrected chi connectivity index (χ1v) is 17.1. The van der Waals surface area contributed by atoms with E-state index in [0.29, 0.717) is 22.9 Å². The normalized spacial score (nSPS) is 27.0. The highest BCUT2D eigenvalue weighted by atomic mass is 32.2. The van der Waals surface area contributed by atoms with Gasteiger partial charge in [0.15, 0.2) is 18.1 Å². The van der Waals surface area contributed by atoms with E-state index in [1.165, 1.54) is 47.6 Å². The summed E-state index contributed by atoms with van der Waals surface area (Å²) in [6, 6.07) is 18.5. The first kappa shape index (κ1) is 29.9. The van der Waals surface area contributed by atoms with Crippen molar-refractivity contribution in [3.8, 4) is 11.5 Å². The van der Waals surface area contributed by atoms with E-state index < -0.39 is 17.7 Å². The maximum absolute atomic E-state index is 13.9. The Labute approximate surface area is 277 Å². The fourth-order valence-corrected chi connectivity index (χ4v) is 11.1. The second-order valence-corrected chi connectivity index (χ2v) is 14.8. The Bertz CT molecular complexity index is 1980. The summed E-state index contributed by atoms with van der Waals surface area (Å²) >= 11 is 2.78. The average Bonchev–Trinajstić information content (AvgIpc) is 3.80. The highest BCUT2D eigenvalue weighted by Crippen LogP contribution is 2.68. The number of hydrogen-bond donors (Lipinski definition) is 2. The molecular weight excluding hydrogens is 642 g/mol. The van der Waals surface area contributed by atoms with E-state index in [1.54, 1.807) is 17.8 Å². The van der Waals surface area contributed by atoms with Crippen LogP contribution in [0.5, 0.6) is 11.5 Å². The quantitative estimate of drug-likeness (QED) is 0.246. The van der Waals surface area contributed by atoms with Crippen molar-refractivity contribution in [2.24, 2.45) is 29.6 Å². The third-order valence-electron chi connectivity index (χ3n) is 10.0. The number of nitrogens with one attached hydrogen (secondary N) is 2. The van der Waals surface area contributed by atoms with Crippen molar-refractivity contribution < 1.29 is 28.2 Å². The number of fused-ring (bicyclic) bond motifs is 9. The van der Waals surface area contributed by atoms with Gasteiger partial charge in [-0.1, -0.05) is 35.1 Å². The number of ether oxygens (including phenoxy) is 2. The van der Waals surface area contributed by atoms with E-state index in [9.17, 15) is 23.6 Å². The first-order chi connectivity index (χ1) is 22.7. The van der Waals surface area contributed by atoms with E-state index in [-0.39, 0.29) is 58.1 Å². The molecule has 3 amide bonds. The predicted octanol–water partition coefficient (Wildman–Crippen LogP) is 5.59. The molecule has 1 aromatic heterocycles. The molecule has 2 aliphatic carbocycles. The van der Waals surface area contributed by atoms with Crippen LogP contribution in [-0.4, -0.2) is 41.7 Å². The number of amides is 3. The first-order valence-electron chi connectivity index (χ1n) is 15.4. The lowest BCUT2D eigenvalue weighted by Gasteiger charge is -2.43. The summed E-state index contributed by atoms with van der Waals surface area (Å²) in [6.45, 7) is 1.76. The van der Waals surface area contributed by atoms with Crippen LogP contribution in [-0.2, 0) is 14.4 Å². The number of H-pyrrole nitrogens is 1. The number of nitrogens with zero attached hydrogens (tertiary/aromatic N) is 1. The van der Waals surface area contributed by atoms with Crippen molar-refractivity contribution in [1.82, 2.24) is 4.98 Å². The maximum Gasteiger partial charge on any atom is 0.305 e. The van der Waals surface area contributed by atoms with Crippen molar-refractivity contribution in [3.05, 3.63) is 98.2 Å². The van der Waals surface area contributed by atoms with Gasteiger partial charge in [-0.05, 0) is 85.2 Å². The van der Waals surface area contributed by atoms with Gasteiger partial charge in [-0.25, -0.2) is 4.39 Å². The van der Waals surface area contributed by atoms with Crippen LogP contribution >= 0.6 is 23.1 Å². The summed E-state index contributed by atoms with van der Waals surface area (Å²) in [6.07, 6.45) is 0.747. The third kappa shape index (κ3) is 4.88. The second kappa shape index (κ2) is 11.4. The number of imide groups is 1. The summed E-state index contributed by atoms with van der Waals surface area (Å²) in [5, 5.41) is 3.64. The minimum Gasteiger partial charge on any atom is -0.493 e. The number of halogens is 1. The topological polar surface area (TPSA) is 118 Å². The molecule has 7 atom stereocenters. The van der Waals surface area contributed by atoms with Gasteiger partial charge in [-0.15, -0.1) is 11.8 Å². The van der Waals surface area contributed by atoms with E-state index in [2.05, 4.69) is 10.3 Å². The number of thioether (sulfide) groups is 1. The number of rotatable bonds is 7. The Morgan fingerprint density at radius 3 is 2.43 bits per heavy atom. The summed E-state index contributed by atoms with van der Waals surface area (Å²) in [4.78, 5) is 58.0. The van der Waals surface area contributed by atoms with Crippen molar-refractivity contribution in [1.29, 1.82) is 0 Å². The molecule has 0 unspecified atom stereocenters. The van der Waals surface area contributed by atoms with Crippen molar-refractivity contribution in [3.63, 3.8) is 0 Å². The van der Waals surface area contributed by atoms with Gasteiger partial charge in [-0.3, -0.25) is 24.1 Å². The average molecular weight is 672 g/mol. The van der Waals surface area contributed by atoms with Gasteiger partial charge in [0.25, 0.3) is 5.91 Å². The van der Waals surface area contributed by atoms with E-state index in [1.807, 2.05) is 43.3 Å². The summed E-state index contributed by atoms with van der Waals surface area (Å²) in [5.74, 6) is -1.63. The monoisotopic (exact) mass is 671 g/mol. The molecule has 3 fully saturated rings. The van der Waals surface area contributed by atoms with Gasteiger partial charge in [0.2, 0.25) is 11.8 Å². The molecule has 2 aliphatic heterocycles. The number of methoxy groups -OCH3 is 1. The van der Waals surface area contributed by atoms with Crippen LogP contribution in [0.15, 0.2) is 76.6 Å². The molecule has 47 heavy (non-hydrogen) atoms. The number of thiazole rings is 1. The number of anilines is 2. The Morgan fingerprint density at radius 1 is 0.979 bits per heavy atom. The molecule has 3 aromatic carbocycles. The van der Waals surface area contributed by atoms with Crippen LogP contribution in [0.1, 0.15) is 28.3 Å². The molecule has 12 heteroatoms. The van der Waals surface area contributed by atoms with E-state index >= 15 is 0 Å². The largest absolute Gasteiger partial charge is 0.493 e. The lowest BCUT2D eigenvalue weighted by molar-refractivity contribution is -0.123. The molecule has 2 saturated carbocycles. The highest BCUT2D eigenvalue weighted by Gasteiger charge is 2.69. The molecule has 3 heterocycles. The lowest BCUT2D eigenvalue weighted by Crippen LogP contribution is -2.42. The number of aromatic nitrogens is 1. The molecule has 240 valence electrons. The fourth-order valence-electron chi connectivity index (χ4n) is 8.21. The van der Waals surface area contributed by atoms with E-state index in [0.717, 1.165) is 27.5 Å². The molecule has 2 N–H and O–H groups in total. The molecule has 4 aromatic rings. The number of aromatic amines is 1. The van der Waals surface area contributed by atoms with Gasteiger partial charge < -0.3 is 19.8 Å². The number of hydrogen-bond acceptors (Lipinski definition) is 8. The molecule has 1 saturated heterocycles. The van der Waals surface area contributed by atoms with Gasteiger partial charge in [0, 0.05) is 21.7 Å². The zero-order valence-electron chi connectivity index (χ0n) is 25.4. The Kier molecular flexibility index (Phi) is 7.25. The van der Waals surface area contributed by atoms with Crippen molar-refractivity contribution in [2.75, 3.05) is 23.9 Å². The van der Waals surface area contributed by atoms with Crippen LogP contribution in [0.2, 0.25) is 0 Å². The van der Waals surface area contributed by atoms with Gasteiger partial charge in [0.1, 0.15) is 5.82 Å². The van der Waals surface area contributed by atoms with Crippen LogP contribution < -0.4 is 24.6 Å². The zero-order chi connectivity index (χ0) is 32.6. The van der Waals surface area contributed by atoms with Crippen LogP contribution in [0.4, 0.5) is 15.8 Å². The molecule has 0 spiro atoms. The number of carbonyl (C=O) groups is 3. The molecule has 4 aliphatic rings. The van der Waals surface area contributed by atoms with Crippen LogP contribution in [0.25, 0.3) is 0 Å².